The predicted octanol–water partition coefficient (Wildman–Crippen LogP) is 1.06. The third kappa shape index (κ3) is 17.4. The average Bonchev–Trinajstić information content (AvgIpc) is 3.14. The van der Waals surface area contributed by atoms with Gasteiger partial charge < -0.3 is 43.1 Å². The quantitative estimate of drug-likeness (QED) is 0.0705. The minimum atomic E-state index is -0.686. The van der Waals surface area contributed by atoms with E-state index in [0.29, 0.717) is 0 Å². The maximum absolute atomic E-state index is 12.1. The molecule has 0 amide bonds. The van der Waals surface area contributed by atoms with Gasteiger partial charge in [-0.25, -0.2) is 28.8 Å². The predicted molar refractivity (Wildman–Crippen MR) is 188 cm³/mol. The number of aromatic nitrogens is 3. The van der Waals surface area contributed by atoms with E-state index in [-0.39, 0.29) is 102 Å². The van der Waals surface area contributed by atoms with Crippen LogP contribution in [0.5, 0.6) is 0 Å². The van der Waals surface area contributed by atoms with Gasteiger partial charge in [0.15, 0.2) is 0 Å². The van der Waals surface area contributed by atoms with Crippen LogP contribution in [0.4, 0.5) is 17.8 Å². The lowest BCUT2D eigenvalue weighted by molar-refractivity contribution is -0.139. The lowest BCUT2D eigenvalue weighted by Crippen LogP contribution is -2.38. The summed E-state index contributed by atoms with van der Waals surface area (Å²) in [6, 6.07) is 0. The molecular weight excluding hydrogens is 684 g/mol. The number of carbonyl (C=O) groups is 6. The normalized spacial score (nSPS) is 9.94. The van der Waals surface area contributed by atoms with Crippen molar-refractivity contribution in [3.63, 3.8) is 0 Å². The van der Waals surface area contributed by atoms with Crippen molar-refractivity contribution in [1.82, 2.24) is 15.0 Å². The molecule has 52 heavy (non-hydrogen) atoms. The molecule has 1 heterocycles. The first-order chi connectivity index (χ1) is 24.9. The van der Waals surface area contributed by atoms with Crippen molar-refractivity contribution in [2.24, 2.45) is 0 Å². The maximum atomic E-state index is 12.1. The summed E-state index contributed by atoms with van der Waals surface area (Å²) < 4.78 is 31.1. The van der Waals surface area contributed by atoms with E-state index >= 15 is 0 Å². The second kappa shape index (κ2) is 24.7. The van der Waals surface area contributed by atoms with Crippen LogP contribution < -0.4 is 14.7 Å². The SMILES string of the molecule is C=CC(=O)OCCN(CCOC(=O)C=C)c1nc(N(CCOC(=O)C=C)CCOC(=O)C=C)nc(N(CCOC(=O)C=C)CCOC(=O)C(=C)C)n1. The molecule has 18 nitrogen and oxygen atoms in total. The molecule has 0 radical (unpaired) electrons. The average molecular weight is 729 g/mol. The van der Waals surface area contributed by atoms with Gasteiger partial charge in [-0.15, -0.1) is 0 Å². The highest BCUT2D eigenvalue weighted by molar-refractivity contribution is 5.87. The summed E-state index contributed by atoms with van der Waals surface area (Å²) in [6.45, 7) is 21.0. The lowest BCUT2D eigenvalue weighted by atomic mass is 10.4. The topological polar surface area (TPSA) is 206 Å². The molecule has 1 rings (SSSR count). The van der Waals surface area contributed by atoms with Gasteiger partial charge in [-0.2, -0.15) is 15.0 Å². The van der Waals surface area contributed by atoms with E-state index in [9.17, 15) is 28.8 Å². The lowest BCUT2D eigenvalue weighted by Gasteiger charge is -2.29. The molecule has 1 aromatic heterocycles. The van der Waals surface area contributed by atoms with Gasteiger partial charge in [0.25, 0.3) is 0 Å². The van der Waals surface area contributed by atoms with Gasteiger partial charge in [0.2, 0.25) is 17.8 Å². The van der Waals surface area contributed by atoms with Crippen LogP contribution in [0.3, 0.4) is 0 Å². The Morgan fingerprint density at radius 2 is 0.673 bits per heavy atom. The van der Waals surface area contributed by atoms with Crippen molar-refractivity contribution in [3.05, 3.63) is 75.4 Å². The summed E-state index contributed by atoms with van der Waals surface area (Å²) in [4.78, 5) is 89.6. The van der Waals surface area contributed by atoms with Gasteiger partial charge in [0, 0.05) is 36.0 Å². The van der Waals surface area contributed by atoms with Gasteiger partial charge >= 0.3 is 35.8 Å². The molecule has 0 aromatic carbocycles. The monoisotopic (exact) mass is 728 g/mol. The highest BCUT2D eigenvalue weighted by Gasteiger charge is 2.22. The number of anilines is 3. The molecule has 282 valence electrons. The van der Waals surface area contributed by atoms with Crippen LogP contribution in [-0.2, 0) is 57.2 Å². The zero-order chi connectivity index (χ0) is 38.9. The largest absolute Gasteiger partial charge is 0.461 e. The Morgan fingerprint density at radius 3 is 0.865 bits per heavy atom. The van der Waals surface area contributed by atoms with E-state index in [1.807, 2.05) is 0 Å². The molecule has 0 atom stereocenters. The molecule has 0 spiro atoms. The number of carbonyl (C=O) groups excluding carboxylic acids is 6. The van der Waals surface area contributed by atoms with Crippen LogP contribution in [0.15, 0.2) is 75.4 Å². The van der Waals surface area contributed by atoms with Gasteiger partial charge in [0.05, 0.1) is 39.3 Å². The molecule has 0 N–H and O–H groups in total. The minimum absolute atomic E-state index is 0.00462. The number of ether oxygens (including phenoxy) is 6. The number of esters is 6. The van der Waals surface area contributed by atoms with Gasteiger partial charge in [-0.1, -0.05) is 39.5 Å². The van der Waals surface area contributed by atoms with E-state index in [4.69, 9.17) is 28.4 Å². The fraction of sp³-hybridized carbons (Fsp3) is 0.382. The summed E-state index contributed by atoms with van der Waals surface area (Å²) in [5.74, 6) is -4.09. The third-order valence-corrected chi connectivity index (χ3v) is 6.25. The van der Waals surface area contributed by atoms with E-state index in [1.165, 1.54) is 21.6 Å². The van der Waals surface area contributed by atoms with Crippen LogP contribution in [0.2, 0.25) is 0 Å². The molecule has 0 aliphatic rings. The molecular formula is C34H44N6O12. The molecule has 0 fully saturated rings. The van der Waals surface area contributed by atoms with Crippen LogP contribution >= 0.6 is 0 Å². The van der Waals surface area contributed by atoms with Crippen LogP contribution in [0.25, 0.3) is 0 Å². The second-order valence-electron chi connectivity index (χ2n) is 9.97. The number of nitrogens with zero attached hydrogens (tertiary/aromatic N) is 6. The van der Waals surface area contributed by atoms with E-state index < -0.39 is 35.8 Å². The van der Waals surface area contributed by atoms with Crippen molar-refractivity contribution < 1.29 is 57.2 Å². The Hall–Kier alpha value is -6.33. The van der Waals surface area contributed by atoms with E-state index in [0.717, 1.165) is 30.4 Å². The van der Waals surface area contributed by atoms with Crippen molar-refractivity contribution in [3.8, 4) is 0 Å². The Balaban J connectivity index is 3.80. The fourth-order valence-electron chi connectivity index (χ4n) is 3.65. The maximum Gasteiger partial charge on any atom is 0.333 e. The second-order valence-corrected chi connectivity index (χ2v) is 9.97. The van der Waals surface area contributed by atoms with Crippen molar-refractivity contribution in [2.75, 3.05) is 93.6 Å². The van der Waals surface area contributed by atoms with Gasteiger partial charge in [-0.3, -0.25) is 0 Å². The summed E-state index contributed by atoms with van der Waals surface area (Å²) >= 11 is 0. The van der Waals surface area contributed by atoms with Crippen molar-refractivity contribution in [1.29, 1.82) is 0 Å². The van der Waals surface area contributed by atoms with Crippen molar-refractivity contribution in [2.45, 2.75) is 6.92 Å². The smallest absolute Gasteiger partial charge is 0.333 e. The van der Waals surface area contributed by atoms with Crippen LogP contribution in [0.1, 0.15) is 6.92 Å². The zero-order valence-corrected chi connectivity index (χ0v) is 29.2. The standard InChI is InChI=1S/C34H44N6O12/c1-8-26(41)47-19-13-38(14-20-48-27(42)9-2)32-35-33(39(15-21-49-28(43)10-3)16-22-50-29(44)11-4)37-34(36-32)40(17-23-51-30(45)12-5)18-24-52-31(46)25(6)7/h8-12H,1-6,13-24H2,7H3. The number of hydrogen-bond donors (Lipinski definition) is 0. The highest BCUT2D eigenvalue weighted by atomic mass is 16.6. The molecule has 0 saturated heterocycles. The summed E-state index contributed by atoms with van der Waals surface area (Å²) in [5, 5.41) is 0. The summed E-state index contributed by atoms with van der Waals surface area (Å²) in [7, 11) is 0. The Morgan fingerprint density at radius 1 is 0.462 bits per heavy atom. The third-order valence-electron chi connectivity index (χ3n) is 6.25. The molecule has 0 unspecified atom stereocenters. The van der Waals surface area contributed by atoms with Crippen LogP contribution in [0, 0.1) is 0 Å². The van der Waals surface area contributed by atoms with Gasteiger partial charge in [0.1, 0.15) is 39.6 Å². The Labute approximate surface area is 301 Å². The zero-order valence-electron chi connectivity index (χ0n) is 29.2. The first-order valence-corrected chi connectivity index (χ1v) is 15.7. The Kier molecular flexibility index (Phi) is 20.8. The fourth-order valence-corrected chi connectivity index (χ4v) is 3.65. The molecule has 0 aliphatic heterocycles. The Bertz CT molecular complexity index is 1350. The molecule has 1 aromatic rings. The summed E-state index contributed by atoms with van der Waals surface area (Å²) in [5.41, 5.74) is 0.172. The molecule has 0 saturated carbocycles. The number of rotatable bonds is 27. The van der Waals surface area contributed by atoms with Crippen LogP contribution in [-0.4, -0.2) is 130 Å². The minimum Gasteiger partial charge on any atom is -0.461 e. The highest BCUT2D eigenvalue weighted by Crippen LogP contribution is 2.20. The first kappa shape index (κ1) is 43.7. The van der Waals surface area contributed by atoms with Gasteiger partial charge in [-0.05, 0) is 6.92 Å². The van der Waals surface area contributed by atoms with E-state index in [2.05, 4.69) is 54.4 Å². The van der Waals surface area contributed by atoms with Crippen molar-refractivity contribution >= 4 is 53.7 Å². The van der Waals surface area contributed by atoms with E-state index in [1.54, 1.807) is 0 Å². The first-order valence-electron chi connectivity index (χ1n) is 15.7. The number of hydrogen-bond acceptors (Lipinski definition) is 18. The molecule has 18 heteroatoms. The summed E-state index contributed by atoms with van der Waals surface area (Å²) in [6.07, 6.45) is 4.95. The molecule has 0 aliphatic carbocycles. The molecule has 0 bridgehead atoms.